The van der Waals surface area contributed by atoms with Crippen molar-refractivity contribution in [1.29, 1.82) is 0 Å². The lowest BCUT2D eigenvalue weighted by molar-refractivity contribution is -0.118. The molecule has 1 aliphatic rings. The molecule has 0 atom stereocenters. The van der Waals surface area contributed by atoms with E-state index in [0.29, 0.717) is 12.1 Å². The highest BCUT2D eigenvalue weighted by atomic mass is 19.1. The predicted octanol–water partition coefficient (Wildman–Crippen LogP) is -0.695. The van der Waals surface area contributed by atoms with Crippen molar-refractivity contribution in [3.8, 4) is 0 Å². The Kier molecular flexibility index (Phi) is 3.23. The lowest BCUT2D eigenvalue weighted by Gasteiger charge is -2.43. The van der Waals surface area contributed by atoms with Gasteiger partial charge in [0.2, 0.25) is 5.91 Å². The lowest BCUT2D eigenvalue weighted by Crippen LogP contribution is -2.61. The zero-order valence-corrected chi connectivity index (χ0v) is 8.22. The molecule has 0 aromatic heterocycles. The van der Waals surface area contributed by atoms with Gasteiger partial charge in [0, 0.05) is 32.3 Å². The molecule has 0 spiro atoms. The Morgan fingerprint density at radius 1 is 1.71 bits per heavy atom. The molecule has 1 heterocycles. The first kappa shape index (κ1) is 11.1. The summed E-state index contributed by atoms with van der Waals surface area (Å²) < 4.78 is 13.2. The van der Waals surface area contributed by atoms with Crippen LogP contribution < -0.4 is 5.32 Å². The molecule has 1 saturated heterocycles. The molecule has 1 amide bonds. The van der Waals surface area contributed by atoms with Crippen LogP contribution in [0.2, 0.25) is 0 Å². The maximum Gasteiger partial charge on any atom is 0.247 e. The molecule has 0 aromatic rings. The Bertz CT molecular complexity index is 249. The van der Waals surface area contributed by atoms with Crippen molar-refractivity contribution >= 4 is 5.91 Å². The number of hydrogen-bond acceptors (Lipinski definition) is 3. The van der Waals surface area contributed by atoms with Crippen LogP contribution >= 0.6 is 0 Å². The van der Waals surface area contributed by atoms with Crippen LogP contribution in [0.25, 0.3) is 0 Å². The number of nitrogens with one attached hydrogen (secondary N) is 1. The van der Waals surface area contributed by atoms with Gasteiger partial charge in [0.25, 0.3) is 0 Å². The molecule has 4 nitrogen and oxygen atoms in total. The zero-order valence-electron chi connectivity index (χ0n) is 8.22. The second-order valence-electron chi connectivity index (χ2n) is 3.64. The fraction of sp³-hybridized carbons (Fsp3) is 0.667. The van der Waals surface area contributed by atoms with E-state index in [1.54, 1.807) is 4.90 Å². The van der Waals surface area contributed by atoms with E-state index in [0.717, 1.165) is 0 Å². The predicted molar refractivity (Wildman–Crippen MR) is 50.6 cm³/mol. The molecule has 0 bridgehead atoms. The highest BCUT2D eigenvalue weighted by molar-refractivity contribution is 5.92. The van der Waals surface area contributed by atoms with Crippen molar-refractivity contribution in [3.05, 3.63) is 12.2 Å². The number of hydrogen-bond donors (Lipinski definition) is 2. The summed E-state index contributed by atoms with van der Waals surface area (Å²) in [6.07, 6.45) is 0. The summed E-state index contributed by atoms with van der Waals surface area (Å²) in [5, 5.41) is 11.1. The quantitative estimate of drug-likeness (QED) is 0.593. The summed E-state index contributed by atoms with van der Waals surface area (Å²) in [7, 11) is 1.52. The summed E-state index contributed by atoms with van der Waals surface area (Å²) in [5.41, 5.74) is -1.07. The van der Waals surface area contributed by atoms with Crippen LogP contribution in [0.3, 0.4) is 0 Å². The van der Waals surface area contributed by atoms with Crippen molar-refractivity contribution in [2.24, 2.45) is 0 Å². The van der Waals surface area contributed by atoms with Gasteiger partial charge in [0.05, 0.1) is 6.61 Å². The first-order valence-corrected chi connectivity index (χ1v) is 4.43. The maximum atomic E-state index is 13.2. The molecule has 1 rings (SSSR count). The Labute approximate surface area is 82.4 Å². The number of alkyl halides is 1. The van der Waals surface area contributed by atoms with Crippen molar-refractivity contribution < 1.29 is 14.3 Å². The van der Waals surface area contributed by atoms with Crippen molar-refractivity contribution in [1.82, 2.24) is 10.2 Å². The van der Waals surface area contributed by atoms with Gasteiger partial charge in [-0.2, -0.15) is 0 Å². The largest absolute Gasteiger partial charge is 0.393 e. The van der Waals surface area contributed by atoms with Crippen LogP contribution in [-0.4, -0.2) is 54.9 Å². The molecular formula is C9H15FN2O2. The van der Waals surface area contributed by atoms with E-state index in [1.165, 1.54) is 7.05 Å². The number of carbonyl (C=O) groups is 1. The van der Waals surface area contributed by atoms with Crippen LogP contribution in [0.1, 0.15) is 0 Å². The molecule has 5 heteroatoms. The average Bonchev–Trinajstić information content (AvgIpc) is 2.13. The normalized spacial score (nSPS) is 19.9. The number of halogens is 1. The van der Waals surface area contributed by atoms with Gasteiger partial charge in [-0.25, -0.2) is 4.39 Å². The van der Waals surface area contributed by atoms with Gasteiger partial charge in [-0.3, -0.25) is 9.69 Å². The number of amides is 1. The van der Waals surface area contributed by atoms with E-state index in [9.17, 15) is 9.18 Å². The maximum absolute atomic E-state index is 13.2. The van der Waals surface area contributed by atoms with Gasteiger partial charge in [0.1, 0.15) is 0 Å². The van der Waals surface area contributed by atoms with Crippen LogP contribution in [0.4, 0.5) is 4.39 Å². The molecule has 0 saturated carbocycles. The van der Waals surface area contributed by atoms with Crippen LogP contribution in [0.15, 0.2) is 12.2 Å². The molecule has 0 aromatic carbocycles. The molecule has 1 fully saturated rings. The summed E-state index contributed by atoms with van der Waals surface area (Å²) in [4.78, 5) is 12.8. The minimum absolute atomic E-state index is 0.166. The molecule has 2 N–H and O–H groups in total. The number of likely N-dealkylation sites (N-methyl/N-ethyl adjacent to an activating group) is 1. The Hall–Kier alpha value is -0.940. The number of carbonyl (C=O) groups excluding carboxylic acids is 1. The van der Waals surface area contributed by atoms with Crippen LogP contribution in [0.5, 0.6) is 0 Å². The van der Waals surface area contributed by atoms with Crippen LogP contribution in [0, 0.1) is 0 Å². The third-order valence-corrected chi connectivity index (χ3v) is 2.26. The zero-order chi connectivity index (χ0) is 10.8. The monoisotopic (exact) mass is 202 g/mol. The molecule has 0 unspecified atom stereocenters. The van der Waals surface area contributed by atoms with Gasteiger partial charge in [-0.05, 0) is 0 Å². The summed E-state index contributed by atoms with van der Waals surface area (Å²) >= 11 is 0. The number of aliphatic hydroxyl groups is 1. The second kappa shape index (κ2) is 4.06. The number of likely N-dealkylation sites (tertiary alicyclic amines) is 1. The molecule has 0 radical (unpaired) electrons. The minimum atomic E-state index is -1.48. The molecule has 14 heavy (non-hydrogen) atoms. The molecule has 80 valence electrons. The van der Waals surface area contributed by atoms with E-state index in [4.69, 9.17) is 5.11 Å². The molecule has 1 aliphatic heterocycles. The number of rotatable bonds is 4. The topological polar surface area (TPSA) is 52.6 Å². The van der Waals surface area contributed by atoms with E-state index in [1.807, 2.05) is 0 Å². The molecule has 0 aliphatic carbocycles. The van der Waals surface area contributed by atoms with Crippen molar-refractivity contribution in [3.63, 3.8) is 0 Å². The third kappa shape index (κ3) is 2.30. The van der Waals surface area contributed by atoms with Crippen molar-refractivity contribution in [2.45, 2.75) is 5.67 Å². The van der Waals surface area contributed by atoms with Gasteiger partial charge < -0.3 is 10.4 Å². The van der Waals surface area contributed by atoms with Crippen molar-refractivity contribution in [2.75, 3.05) is 33.3 Å². The Morgan fingerprint density at radius 2 is 2.29 bits per heavy atom. The average molecular weight is 202 g/mol. The smallest absolute Gasteiger partial charge is 0.247 e. The van der Waals surface area contributed by atoms with E-state index >= 15 is 0 Å². The first-order valence-electron chi connectivity index (χ1n) is 4.43. The SMILES string of the molecule is C=C(CN1CC(F)(CO)C1)C(=O)NC. The van der Waals surface area contributed by atoms with E-state index < -0.39 is 12.3 Å². The standard InChI is InChI=1S/C9H15FN2O2/c1-7(8(14)11-2)3-12-4-9(10,5-12)6-13/h13H,1,3-6H2,2H3,(H,11,14). The second-order valence-corrected chi connectivity index (χ2v) is 3.64. The minimum Gasteiger partial charge on any atom is -0.393 e. The molecular weight excluding hydrogens is 187 g/mol. The summed E-state index contributed by atoms with van der Waals surface area (Å²) in [6, 6.07) is 0. The van der Waals surface area contributed by atoms with Gasteiger partial charge in [-0.1, -0.05) is 6.58 Å². The summed E-state index contributed by atoms with van der Waals surface area (Å²) in [5.74, 6) is -0.231. The fourth-order valence-electron chi connectivity index (χ4n) is 1.49. The Balaban J connectivity index is 2.29. The number of nitrogens with zero attached hydrogens (tertiary/aromatic N) is 1. The summed E-state index contributed by atoms with van der Waals surface area (Å²) in [6.45, 7) is 3.80. The van der Waals surface area contributed by atoms with Crippen LogP contribution in [-0.2, 0) is 4.79 Å². The third-order valence-electron chi connectivity index (χ3n) is 2.26. The number of aliphatic hydroxyl groups excluding tert-OH is 1. The van der Waals surface area contributed by atoms with E-state index in [2.05, 4.69) is 11.9 Å². The highest BCUT2D eigenvalue weighted by Crippen LogP contribution is 2.24. The van der Waals surface area contributed by atoms with Gasteiger partial charge in [-0.15, -0.1) is 0 Å². The van der Waals surface area contributed by atoms with Gasteiger partial charge >= 0.3 is 0 Å². The van der Waals surface area contributed by atoms with E-state index in [-0.39, 0.29) is 19.0 Å². The lowest BCUT2D eigenvalue weighted by atomic mass is 9.97. The first-order chi connectivity index (χ1) is 6.50. The highest BCUT2D eigenvalue weighted by Gasteiger charge is 2.42. The Morgan fingerprint density at radius 3 is 2.71 bits per heavy atom. The fourth-order valence-corrected chi connectivity index (χ4v) is 1.49. The van der Waals surface area contributed by atoms with Gasteiger partial charge in [0.15, 0.2) is 5.67 Å².